The van der Waals surface area contributed by atoms with E-state index in [-0.39, 0.29) is 12.4 Å². The van der Waals surface area contributed by atoms with Gasteiger partial charge in [0.05, 0.1) is 6.54 Å². The van der Waals surface area contributed by atoms with Crippen molar-refractivity contribution in [1.82, 2.24) is 4.90 Å². The minimum Gasteiger partial charge on any atom is -0.480 e. The standard InChI is InChI=1S/C15H20FNO2/c1-11-8-13(16)7-6-12(11)9-17(10-15(18)19)14-4-2-3-5-14/h6-8,14H,2-5,9-10H2,1H3,(H,18,19). The highest BCUT2D eigenvalue weighted by molar-refractivity contribution is 5.69. The van der Waals surface area contributed by atoms with E-state index >= 15 is 0 Å². The maximum Gasteiger partial charge on any atom is 0.317 e. The minimum atomic E-state index is -0.799. The van der Waals surface area contributed by atoms with E-state index in [4.69, 9.17) is 5.11 Å². The van der Waals surface area contributed by atoms with Crippen molar-refractivity contribution >= 4 is 5.97 Å². The molecule has 0 aliphatic heterocycles. The van der Waals surface area contributed by atoms with Crippen molar-refractivity contribution in [3.63, 3.8) is 0 Å². The molecule has 0 saturated heterocycles. The topological polar surface area (TPSA) is 40.5 Å². The zero-order valence-electron chi connectivity index (χ0n) is 11.2. The normalized spacial score (nSPS) is 16.2. The highest BCUT2D eigenvalue weighted by Crippen LogP contribution is 2.25. The molecule has 0 unspecified atom stereocenters. The summed E-state index contributed by atoms with van der Waals surface area (Å²) in [4.78, 5) is 13.0. The van der Waals surface area contributed by atoms with E-state index in [1.54, 1.807) is 6.07 Å². The average Bonchev–Trinajstić information content (AvgIpc) is 2.84. The highest BCUT2D eigenvalue weighted by Gasteiger charge is 2.24. The zero-order chi connectivity index (χ0) is 13.8. The van der Waals surface area contributed by atoms with Gasteiger partial charge in [0.25, 0.3) is 0 Å². The molecule has 0 aromatic heterocycles. The maximum atomic E-state index is 13.1. The molecule has 19 heavy (non-hydrogen) atoms. The third-order valence-electron chi connectivity index (χ3n) is 3.86. The molecule has 1 N–H and O–H groups in total. The second-order valence-electron chi connectivity index (χ2n) is 5.31. The molecule has 4 heteroatoms. The second kappa shape index (κ2) is 6.15. The van der Waals surface area contributed by atoms with Gasteiger partial charge >= 0.3 is 5.97 Å². The number of hydrogen-bond donors (Lipinski definition) is 1. The van der Waals surface area contributed by atoms with Gasteiger partial charge in [-0.1, -0.05) is 18.9 Å². The number of aliphatic carboxylic acids is 1. The van der Waals surface area contributed by atoms with Gasteiger partial charge < -0.3 is 5.11 Å². The Labute approximate surface area is 113 Å². The van der Waals surface area contributed by atoms with Gasteiger partial charge in [-0.15, -0.1) is 0 Å². The molecule has 0 atom stereocenters. The predicted molar refractivity (Wildman–Crippen MR) is 71.4 cm³/mol. The number of hydrogen-bond acceptors (Lipinski definition) is 2. The van der Waals surface area contributed by atoms with Crippen LogP contribution in [0.4, 0.5) is 4.39 Å². The van der Waals surface area contributed by atoms with Crippen LogP contribution in [0.3, 0.4) is 0 Å². The maximum absolute atomic E-state index is 13.1. The largest absolute Gasteiger partial charge is 0.480 e. The summed E-state index contributed by atoms with van der Waals surface area (Å²) < 4.78 is 13.1. The van der Waals surface area contributed by atoms with E-state index < -0.39 is 5.97 Å². The number of halogens is 1. The molecule has 1 aliphatic carbocycles. The Morgan fingerprint density at radius 3 is 2.68 bits per heavy atom. The van der Waals surface area contributed by atoms with Crippen LogP contribution >= 0.6 is 0 Å². The molecular weight excluding hydrogens is 245 g/mol. The molecule has 1 aromatic rings. The summed E-state index contributed by atoms with van der Waals surface area (Å²) in [6.07, 6.45) is 4.47. The Kier molecular flexibility index (Phi) is 4.53. The number of carboxylic acid groups (broad SMARTS) is 1. The number of benzene rings is 1. The molecule has 0 amide bonds. The summed E-state index contributed by atoms with van der Waals surface area (Å²) >= 11 is 0. The van der Waals surface area contributed by atoms with E-state index in [1.807, 2.05) is 11.8 Å². The van der Waals surface area contributed by atoms with Crippen LogP contribution in [0.5, 0.6) is 0 Å². The van der Waals surface area contributed by atoms with Crippen LogP contribution < -0.4 is 0 Å². The Balaban J connectivity index is 2.12. The van der Waals surface area contributed by atoms with Gasteiger partial charge in [0.2, 0.25) is 0 Å². The lowest BCUT2D eigenvalue weighted by Crippen LogP contribution is -2.37. The number of aryl methyl sites for hydroxylation is 1. The SMILES string of the molecule is Cc1cc(F)ccc1CN(CC(=O)O)C1CCCC1. The van der Waals surface area contributed by atoms with Gasteiger partial charge in [0.1, 0.15) is 5.82 Å². The van der Waals surface area contributed by atoms with Gasteiger partial charge in [-0.25, -0.2) is 4.39 Å². The fourth-order valence-electron chi connectivity index (χ4n) is 2.81. The van der Waals surface area contributed by atoms with Gasteiger partial charge in [0.15, 0.2) is 0 Å². The summed E-state index contributed by atoms with van der Waals surface area (Å²) in [5.41, 5.74) is 1.89. The number of carbonyl (C=O) groups is 1. The first kappa shape index (κ1) is 14.0. The van der Waals surface area contributed by atoms with Crippen LogP contribution in [0.15, 0.2) is 18.2 Å². The van der Waals surface area contributed by atoms with Crippen LogP contribution in [-0.4, -0.2) is 28.6 Å². The molecule has 3 nitrogen and oxygen atoms in total. The summed E-state index contributed by atoms with van der Waals surface area (Å²) in [6, 6.07) is 5.05. The molecule has 1 aliphatic rings. The van der Waals surface area contributed by atoms with E-state index in [2.05, 4.69) is 0 Å². The molecule has 1 saturated carbocycles. The molecule has 2 rings (SSSR count). The summed E-state index contributed by atoms with van der Waals surface area (Å²) in [5.74, 6) is -1.04. The zero-order valence-corrected chi connectivity index (χ0v) is 11.2. The molecule has 0 spiro atoms. The smallest absolute Gasteiger partial charge is 0.317 e. The van der Waals surface area contributed by atoms with Crippen molar-refractivity contribution in [3.8, 4) is 0 Å². The van der Waals surface area contributed by atoms with Gasteiger partial charge in [-0.3, -0.25) is 9.69 Å². The van der Waals surface area contributed by atoms with Crippen LogP contribution in [0.1, 0.15) is 36.8 Å². The van der Waals surface area contributed by atoms with Crippen LogP contribution in [0.25, 0.3) is 0 Å². The van der Waals surface area contributed by atoms with E-state index in [0.717, 1.165) is 24.0 Å². The molecule has 104 valence electrons. The lowest BCUT2D eigenvalue weighted by atomic mass is 10.1. The Morgan fingerprint density at radius 2 is 2.11 bits per heavy atom. The summed E-state index contributed by atoms with van der Waals surface area (Å²) in [7, 11) is 0. The lowest BCUT2D eigenvalue weighted by molar-refractivity contribution is -0.139. The van der Waals surface area contributed by atoms with Gasteiger partial charge in [-0.05, 0) is 43.0 Å². The molecule has 1 fully saturated rings. The first-order valence-corrected chi connectivity index (χ1v) is 6.77. The van der Waals surface area contributed by atoms with Crippen LogP contribution in [-0.2, 0) is 11.3 Å². The summed E-state index contributed by atoms with van der Waals surface area (Å²) in [5, 5.41) is 9.03. The molecule has 0 heterocycles. The van der Waals surface area contributed by atoms with Crippen molar-refractivity contribution in [2.24, 2.45) is 0 Å². The number of nitrogens with zero attached hydrogens (tertiary/aromatic N) is 1. The molecule has 1 aromatic carbocycles. The third kappa shape index (κ3) is 3.77. The van der Waals surface area contributed by atoms with Crippen molar-refractivity contribution in [1.29, 1.82) is 0 Å². The summed E-state index contributed by atoms with van der Waals surface area (Å²) in [6.45, 7) is 2.51. The minimum absolute atomic E-state index is 0.0570. The molecule has 0 bridgehead atoms. The number of rotatable bonds is 5. The first-order chi connectivity index (χ1) is 9.06. The quantitative estimate of drug-likeness (QED) is 0.889. The van der Waals surface area contributed by atoms with Crippen molar-refractivity contribution < 1.29 is 14.3 Å². The Hall–Kier alpha value is -1.42. The molecular formula is C15H20FNO2. The monoisotopic (exact) mass is 265 g/mol. The fourth-order valence-corrected chi connectivity index (χ4v) is 2.81. The predicted octanol–water partition coefficient (Wildman–Crippen LogP) is 2.96. The van der Waals surface area contributed by atoms with E-state index in [0.29, 0.717) is 12.6 Å². The average molecular weight is 265 g/mol. The van der Waals surface area contributed by atoms with Crippen molar-refractivity contribution in [3.05, 3.63) is 35.1 Å². The van der Waals surface area contributed by atoms with E-state index in [9.17, 15) is 9.18 Å². The second-order valence-corrected chi connectivity index (χ2v) is 5.31. The van der Waals surface area contributed by atoms with Crippen LogP contribution in [0.2, 0.25) is 0 Å². The Morgan fingerprint density at radius 1 is 1.42 bits per heavy atom. The first-order valence-electron chi connectivity index (χ1n) is 6.77. The molecule has 0 radical (unpaired) electrons. The lowest BCUT2D eigenvalue weighted by Gasteiger charge is -2.27. The Bertz CT molecular complexity index is 455. The highest BCUT2D eigenvalue weighted by atomic mass is 19.1. The van der Waals surface area contributed by atoms with Crippen molar-refractivity contribution in [2.75, 3.05) is 6.54 Å². The third-order valence-corrected chi connectivity index (χ3v) is 3.86. The fraction of sp³-hybridized carbons (Fsp3) is 0.533. The van der Waals surface area contributed by atoms with Crippen LogP contribution in [0, 0.1) is 12.7 Å². The van der Waals surface area contributed by atoms with Gasteiger partial charge in [0, 0.05) is 12.6 Å². The van der Waals surface area contributed by atoms with E-state index in [1.165, 1.54) is 25.0 Å². The van der Waals surface area contributed by atoms with Crippen molar-refractivity contribution in [2.45, 2.75) is 45.2 Å². The van der Waals surface area contributed by atoms with Gasteiger partial charge in [-0.2, -0.15) is 0 Å². The number of carboxylic acids is 1.